The third-order valence-electron chi connectivity index (χ3n) is 3.77. The lowest BCUT2D eigenvalue weighted by atomic mass is 10.2. The maximum Gasteiger partial charge on any atom is 0.188 e. The van der Waals surface area contributed by atoms with Gasteiger partial charge < -0.3 is 4.90 Å². The Labute approximate surface area is 132 Å². The highest BCUT2D eigenvalue weighted by Crippen LogP contribution is 2.22. The van der Waals surface area contributed by atoms with Gasteiger partial charge in [-0.05, 0) is 31.2 Å². The second-order valence-corrected chi connectivity index (χ2v) is 5.29. The van der Waals surface area contributed by atoms with Crippen LogP contribution >= 0.6 is 0 Å². The van der Waals surface area contributed by atoms with Gasteiger partial charge in [0.2, 0.25) is 0 Å². The molecule has 6 nitrogen and oxygen atoms in total. The van der Waals surface area contributed by atoms with E-state index in [4.69, 9.17) is 5.26 Å². The Kier molecular flexibility index (Phi) is 3.89. The summed E-state index contributed by atoms with van der Waals surface area (Å²) in [7, 11) is 1.86. The first-order chi connectivity index (χ1) is 11.1. The standard InChI is InChI=1S/C16H15FN6/c1-11(9-10-18)22(2)15-8-7-14-19-20-16(23(14)21-15)12-5-3-4-6-13(12)17/h3-8,11H,9H2,1-2H3. The van der Waals surface area contributed by atoms with Gasteiger partial charge in [-0.25, -0.2) is 4.39 Å². The van der Waals surface area contributed by atoms with Crippen molar-refractivity contribution in [2.75, 3.05) is 11.9 Å². The van der Waals surface area contributed by atoms with Crippen LogP contribution in [0.1, 0.15) is 13.3 Å². The van der Waals surface area contributed by atoms with Gasteiger partial charge in [-0.15, -0.1) is 15.3 Å². The Balaban J connectivity index is 2.08. The van der Waals surface area contributed by atoms with Gasteiger partial charge >= 0.3 is 0 Å². The number of rotatable bonds is 4. The van der Waals surface area contributed by atoms with Crippen molar-refractivity contribution in [3.8, 4) is 17.5 Å². The molecule has 0 fully saturated rings. The Morgan fingerprint density at radius 3 is 2.78 bits per heavy atom. The molecule has 0 aliphatic heterocycles. The summed E-state index contributed by atoms with van der Waals surface area (Å²) in [5.41, 5.74) is 0.880. The van der Waals surface area contributed by atoms with E-state index in [0.29, 0.717) is 29.3 Å². The Morgan fingerprint density at radius 2 is 2.04 bits per heavy atom. The Bertz CT molecular complexity index is 882. The number of halogens is 1. The number of fused-ring (bicyclic) bond motifs is 1. The number of hydrogen-bond donors (Lipinski definition) is 0. The number of anilines is 1. The summed E-state index contributed by atoms with van der Waals surface area (Å²) in [6, 6.07) is 12.1. The fraction of sp³-hybridized carbons (Fsp3) is 0.250. The predicted octanol–water partition coefficient (Wildman–Crippen LogP) is 2.67. The van der Waals surface area contributed by atoms with Gasteiger partial charge in [0.1, 0.15) is 11.6 Å². The monoisotopic (exact) mass is 310 g/mol. The molecule has 1 aromatic carbocycles. The number of nitriles is 1. The molecule has 0 amide bonds. The molecule has 0 bridgehead atoms. The molecule has 23 heavy (non-hydrogen) atoms. The fourth-order valence-electron chi connectivity index (χ4n) is 2.27. The zero-order valence-corrected chi connectivity index (χ0v) is 12.8. The maximum absolute atomic E-state index is 14.0. The summed E-state index contributed by atoms with van der Waals surface area (Å²) in [5.74, 6) is 0.638. The van der Waals surface area contributed by atoms with Crippen molar-refractivity contribution in [1.29, 1.82) is 5.26 Å². The first kappa shape index (κ1) is 14.9. The molecule has 3 rings (SSSR count). The minimum atomic E-state index is -0.375. The zero-order valence-electron chi connectivity index (χ0n) is 12.8. The Morgan fingerprint density at radius 1 is 1.26 bits per heavy atom. The van der Waals surface area contributed by atoms with E-state index in [2.05, 4.69) is 21.4 Å². The largest absolute Gasteiger partial charge is 0.355 e. The van der Waals surface area contributed by atoms with Crippen molar-refractivity contribution in [3.63, 3.8) is 0 Å². The van der Waals surface area contributed by atoms with Crippen LogP contribution in [0.25, 0.3) is 17.0 Å². The van der Waals surface area contributed by atoms with E-state index in [9.17, 15) is 4.39 Å². The Hall–Kier alpha value is -3.01. The van der Waals surface area contributed by atoms with Crippen molar-refractivity contribution in [2.24, 2.45) is 0 Å². The average Bonchev–Trinajstić information content (AvgIpc) is 2.97. The van der Waals surface area contributed by atoms with Crippen molar-refractivity contribution in [3.05, 3.63) is 42.2 Å². The van der Waals surface area contributed by atoms with E-state index >= 15 is 0 Å². The molecule has 2 aromatic heterocycles. The minimum Gasteiger partial charge on any atom is -0.355 e. The number of benzene rings is 1. The molecule has 0 saturated carbocycles. The fourth-order valence-corrected chi connectivity index (χ4v) is 2.27. The second-order valence-electron chi connectivity index (χ2n) is 5.29. The normalized spacial score (nSPS) is 12.1. The van der Waals surface area contributed by atoms with E-state index in [-0.39, 0.29) is 11.9 Å². The SMILES string of the molecule is CC(CC#N)N(C)c1ccc2nnc(-c3ccccc3F)n2n1. The van der Waals surface area contributed by atoms with Crippen LogP contribution in [-0.2, 0) is 0 Å². The van der Waals surface area contributed by atoms with Crippen LogP contribution in [-0.4, -0.2) is 32.9 Å². The van der Waals surface area contributed by atoms with Crippen LogP contribution in [0.5, 0.6) is 0 Å². The molecule has 3 aromatic rings. The lowest BCUT2D eigenvalue weighted by Gasteiger charge is -2.23. The molecule has 0 aliphatic carbocycles. The van der Waals surface area contributed by atoms with Crippen LogP contribution in [0.15, 0.2) is 36.4 Å². The summed E-state index contributed by atoms with van der Waals surface area (Å²) >= 11 is 0. The summed E-state index contributed by atoms with van der Waals surface area (Å²) in [5, 5.41) is 21.4. The zero-order chi connectivity index (χ0) is 16.4. The minimum absolute atomic E-state index is 0.0124. The van der Waals surface area contributed by atoms with Gasteiger partial charge in [0.05, 0.1) is 18.1 Å². The topological polar surface area (TPSA) is 70.1 Å². The predicted molar refractivity (Wildman–Crippen MR) is 84.3 cm³/mol. The van der Waals surface area contributed by atoms with E-state index in [1.165, 1.54) is 10.6 Å². The third kappa shape index (κ3) is 2.71. The summed E-state index contributed by atoms with van der Waals surface area (Å²) in [6.07, 6.45) is 0.387. The van der Waals surface area contributed by atoms with Crippen molar-refractivity contribution < 1.29 is 4.39 Å². The highest BCUT2D eigenvalue weighted by atomic mass is 19.1. The molecule has 0 aliphatic rings. The molecule has 1 unspecified atom stereocenters. The van der Waals surface area contributed by atoms with Gasteiger partial charge in [-0.3, -0.25) is 0 Å². The number of nitrogens with zero attached hydrogens (tertiary/aromatic N) is 6. The van der Waals surface area contributed by atoms with Crippen LogP contribution in [0, 0.1) is 17.1 Å². The molecule has 116 valence electrons. The van der Waals surface area contributed by atoms with Crippen molar-refractivity contribution in [2.45, 2.75) is 19.4 Å². The highest BCUT2D eigenvalue weighted by Gasteiger charge is 2.16. The van der Waals surface area contributed by atoms with Gasteiger partial charge in [-0.1, -0.05) is 12.1 Å². The highest BCUT2D eigenvalue weighted by molar-refractivity contribution is 5.60. The molecular formula is C16H15FN6. The third-order valence-corrected chi connectivity index (χ3v) is 3.77. The molecule has 0 radical (unpaired) electrons. The van der Waals surface area contributed by atoms with Crippen LogP contribution in [0.4, 0.5) is 10.2 Å². The molecule has 0 spiro atoms. The summed E-state index contributed by atoms with van der Waals surface area (Å²) in [6.45, 7) is 1.94. The number of aromatic nitrogens is 4. The quantitative estimate of drug-likeness (QED) is 0.741. The van der Waals surface area contributed by atoms with Crippen molar-refractivity contribution >= 4 is 11.5 Å². The van der Waals surface area contributed by atoms with Crippen LogP contribution in [0.3, 0.4) is 0 Å². The second kappa shape index (κ2) is 6.01. The van der Waals surface area contributed by atoms with Gasteiger partial charge in [0.15, 0.2) is 11.5 Å². The lowest BCUT2D eigenvalue weighted by molar-refractivity contribution is 0.628. The van der Waals surface area contributed by atoms with Crippen molar-refractivity contribution in [1.82, 2.24) is 19.8 Å². The molecular weight excluding hydrogens is 295 g/mol. The molecule has 2 heterocycles. The lowest BCUT2D eigenvalue weighted by Crippen LogP contribution is -2.29. The van der Waals surface area contributed by atoms with E-state index in [1.807, 2.05) is 24.9 Å². The van der Waals surface area contributed by atoms with Gasteiger partial charge in [-0.2, -0.15) is 9.78 Å². The molecule has 7 heteroatoms. The average molecular weight is 310 g/mol. The van der Waals surface area contributed by atoms with E-state index < -0.39 is 0 Å². The first-order valence-electron chi connectivity index (χ1n) is 7.19. The first-order valence-corrected chi connectivity index (χ1v) is 7.19. The number of hydrogen-bond acceptors (Lipinski definition) is 5. The molecule has 1 atom stereocenters. The van der Waals surface area contributed by atoms with Gasteiger partial charge in [0.25, 0.3) is 0 Å². The summed E-state index contributed by atoms with van der Waals surface area (Å²) in [4.78, 5) is 1.90. The van der Waals surface area contributed by atoms with Crippen LogP contribution < -0.4 is 4.90 Å². The molecule has 0 N–H and O–H groups in total. The van der Waals surface area contributed by atoms with Gasteiger partial charge in [0, 0.05) is 13.1 Å². The van der Waals surface area contributed by atoms with Crippen LogP contribution in [0.2, 0.25) is 0 Å². The smallest absolute Gasteiger partial charge is 0.188 e. The summed E-state index contributed by atoms with van der Waals surface area (Å²) < 4.78 is 15.5. The van der Waals surface area contributed by atoms with E-state index in [1.54, 1.807) is 24.3 Å². The maximum atomic E-state index is 14.0. The van der Waals surface area contributed by atoms with E-state index in [0.717, 1.165) is 0 Å². The molecule has 0 saturated heterocycles.